The van der Waals surface area contributed by atoms with E-state index in [0.29, 0.717) is 17.5 Å². The average molecular weight is 766 g/mol. The lowest BCUT2D eigenvalue weighted by Gasteiger charge is -2.17. The maximum Gasteiger partial charge on any atom is 0.164 e. The van der Waals surface area contributed by atoms with Gasteiger partial charge in [-0.2, -0.15) is 0 Å². The van der Waals surface area contributed by atoms with E-state index in [1.807, 2.05) is 54.9 Å². The molecule has 4 aromatic heterocycles. The standard InChI is InChI=1S/C53H31N7/c1-2-10-32(11-3-1)51-58-52(36-19-18-33-28-47-48(31-37(33)24-36)57-23-22-56-47)60-53(59-51)40-26-38(49-41-14-6-4-12-34(41)29-45-43(49)16-8-20-54-45)25-39(27-40)50-42-15-7-5-13-35(42)30-46-44(50)17-9-21-55-46/h1-31H. The zero-order chi connectivity index (χ0) is 39.6. The zero-order valence-corrected chi connectivity index (χ0v) is 32.0. The molecular formula is C53H31N7. The van der Waals surface area contributed by atoms with E-state index >= 15 is 0 Å². The van der Waals surface area contributed by atoms with Crippen LogP contribution in [-0.4, -0.2) is 34.9 Å². The van der Waals surface area contributed by atoms with Gasteiger partial charge in [0.15, 0.2) is 17.5 Å². The second kappa shape index (κ2) is 13.7. The van der Waals surface area contributed by atoms with Gasteiger partial charge < -0.3 is 0 Å². The van der Waals surface area contributed by atoms with Gasteiger partial charge in [-0.1, -0.05) is 103 Å². The normalized spacial score (nSPS) is 11.7. The molecule has 0 fully saturated rings. The van der Waals surface area contributed by atoms with Crippen LogP contribution in [0.15, 0.2) is 189 Å². The van der Waals surface area contributed by atoms with Gasteiger partial charge in [-0.05, 0) is 115 Å². The molecule has 0 amide bonds. The molecule has 8 aromatic carbocycles. The van der Waals surface area contributed by atoms with Crippen LogP contribution in [0.3, 0.4) is 0 Å². The predicted octanol–water partition coefficient (Wildman–Crippen LogP) is 12.7. The fraction of sp³-hybridized carbons (Fsp3) is 0. The van der Waals surface area contributed by atoms with Crippen molar-refractivity contribution in [3.05, 3.63) is 189 Å². The molecule has 0 aliphatic heterocycles. The summed E-state index contributed by atoms with van der Waals surface area (Å²) in [6.07, 6.45) is 7.16. The highest BCUT2D eigenvalue weighted by atomic mass is 15.0. The summed E-state index contributed by atoms with van der Waals surface area (Å²) >= 11 is 0. The van der Waals surface area contributed by atoms with E-state index in [1.165, 1.54) is 0 Å². The highest BCUT2D eigenvalue weighted by Crippen LogP contribution is 2.43. The minimum Gasteiger partial charge on any atom is -0.256 e. The van der Waals surface area contributed by atoms with E-state index in [1.54, 1.807) is 12.4 Å². The van der Waals surface area contributed by atoms with Crippen molar-refractivity contribution in [2.24, 2.45) is 0 Å². The highest BCUT2D eigenvalue weighted by molar-refractivity contribution is 6.15. The first kappa shape index (κ1) is 33.8. The fourth-order valence-electron chi connectivity index (χ4n) is 8.64. The molecule has 0 saturated heterocycles. The predicted molar refractivity (Wildman–Crippen MR) is 243 cm³/mol. The molecule has 278 valence electrons. The number of pyridine rings is 2. The van der Waals surface area contributed by atoms with Crippen LogP contribution in [0.4, 0.5) is 0 Å². The molecule has 0 radical (unpaired) electrons. The summed E-state index contributed by atoms with van der Waals surface area (Å²) in [4.78, 5) is 34.5. The van der Waals surface area contributed by atoms with Crippen molar-refractivity contribution in [3.63, 3.8) is 0 Å². The van der Waals surface area contributed by atoms with Crippen molar-refractivity contribution >= 4 is 65.2 Å². The summed E-state index contributed by atoms with van der Waals surface area (Å²) in [5.41, 5.74) is 10.5. The number of benzene rings is 8. The Morgan fingerprint density at radius 2 is 0.717 bits per heavy atom. The van der Waals surface area contributed by atoms with Crippen molar-refractivity contribution in [2.45, 2.75) is 0 Å². The molecular weight excluding hydrogens is 735 g/mol. The number of nitrogens with zero attached hydrogens (tertiary/aromatic N) is 7. The van der Waals surface area contributed by atoms with Gasteiger partial charge in [0.05, 0.1) is 22.1 Å². The van der Waals surface area contributed by atoms with Gasteiger partial charge in [-0.25, -0.2) is 15.0 Å². The molecule has 7 heteroatoms. The molecule has 0 N–H and O–H groups in total. The van der Waals surface area contributed by atoms with Gasteiger partial charge in [-0.3, -0.25) is 19.9 Å². The van der Waals surface area contributed by atoms with Crippen LogP contribution in [0.1, 0.15) is 0 Å². The van der Waals surface area contributed by atoms with Crippen molar-refractivity contribution in [1.82, 2.24) is 34.9 Å². The number of fused-ring (bicyclic) bond motifs is 6. The molecule has 12 rings (SSSR count). The highest BCUT2D eigenvalue weighted by Gasteiger charge is 2.20. The zero-order valence-electron chi connectivity index (χ0n) is 32.0. The first-order valence-electron chi connectivity index (χ1n) is 19.9. The van der Waals surface area contributed by atoms with Crippen LogP contribution in [0.5, 0.6) is 0 Å². The van der Waals surface area contributed by atoms with E-state index in [0.717, 1.165) is 104 Å². The van der Waals surface area contributed by atoms with E-state index in [9.17, 15) is 0 Å². The summed E-state index contributed by atoms with van der Waals surface area (Å²) in [5, 5.41) is 8.75. The van der Waals surface area contributed by atoms with Crippen molar-refractivity contribution in [1.29, 1.82) is 0 Å². The van der Waals surface area contributed by atoms with Gasteiger partial charge in [0.2, 0.25) is 0 Å². The maximum absolute atomic E-state index is 5.31. The monoisotopic (exact) mass is 765 g/mol. The smallest absolute Gasteiger partial charge is 0.164 e. The van der Waals surface area contributed by atoms with Crippen LogP contribution < -0.4 is 0 Å². The second-order valence-electron chi connectivity index (χ2n) is 15.0. The maximum atomic E-state index is 5.31. The molecule has 0 aliphatic carbocycles. The molecule has 0 saturated carbocycles. The third-order valence-corrected chi connectivity index (χ3v) is 11.4. The van der Waals surface area contributed by atoms with Crippen LogP contribution in [0.25, 0.3) is 122 Å². The Labute approximate surface area is 343 Å². The van der Waals surface area contributed by atoms with Crippen molar-refractivity contribution < 1.29 is 0 Å². The third-order valence-electron chi connectivity index (χ3n) is 11.4. The van der Waals surface area contributed by atoms with Crippen LogP contribution in [-0.2, 0) is 0 Å². The Bertz CT molecular complexity index is 3430. The number of hydrogen-bond donors (Lipinski definition) is 0. The van der Waals surface area contributed by atoms with Gasteiger partial charge in [-0.15, -0.1) is 0 Å². The Morgan fingerprint density at radius 1 is 0.250 bits per heavy atom. The summed E-state index contributed by atoms with van der Waals surface area (Å²) in [6, 6.07) is 57.1. The van der Waals surface area contributed by atoms with Crippen LogP contribution in [0, 0.1) is 0 Å². The van der Waals surface area contributed by atoms with Gasteiger partial charge in [0, 0.05) is 52.3 Å². The summed E-state index contributed by atoms with van der Waals surface area (Å²) in [6.45, 7) is 0. The largest absolute Gasteiger partial charge is 0.256 e. The lowest BCUT2D eigenvalue weighted by Crippen LogP contribution is -2.01. The van der Waals surface area contributed by atoms with E-state index in [-0.39, 0.29) is 0 Å². The quantitative estimate of drug-likeness (QED) is 0.161. The molecule has 0 aliphatic rings. The fourth-order valence-corrected chi connectivity index (χ4v) is 8.64. The van der Waals surface area contributed by atoms with Gasteiger partial charge in [0.1, 0.15) is 0 Å². The molecule has 0 spiro atoms. The average Bonchev–Trinajstić information content (AvgIpc) is 3.31. The third kappa shape index (κ3) is 5.71. The van der Waals surface area contributed by atoms with Crippen LogP contribution >= 0.6 is 0 Å². The SMILES string of the molecule is c1ccc(-c2nc(-c3cc(-c4c5ccccc5cc5ncccc45)cc(-c4c5ccccc5cc5ncccc45)c3)nc(-c3ccc4cc5nccnc5cc4c3)n2)cc1. The second-order valence-corrected chi connectivity index (χ2v) is 15.0. The summed E-state index contributed by atoms with van der Waals surface area (Å²) in [5.74, 6) is 1.73. The number of aromatic nitrogens is 7. The summed E-state index contributed by atoms with van der Waals surface area (Å²) < 4.78 is 0. The minimum absolute atomic E-state index is 0.566. The van der Waals surface area contributed by atoms with E-state index < -0.39 is 0 Å². The Morgan fingerprint density at radius 3 is 1.33 bits per heavy atom. The molecule has 0 unspecified atom stereocenters. The number of hydrogen-bond acceptors (Lipinski definition) is 7. The topological polar surface area (TPSA) is 90.2 Å². The van der Waals surface area contributed by atoms with E-state index in [4.69, 9.17) is 24.9 Å². The molecule has 0 atom stereocenters. The molecule has 7 nitrogen and oxygen atoms in total. The van der Waals surface area contributed by atoms with Gasteiger partial charge in [0.25, 0.3) is 0 Å². The van der Waals surface area contributed by atoms with Gasteiger partial charge >= 0.3 is 0 Å². The lowest BCUT2D eigenvalue weighted by atomic mass is 9.88. The molecule has 4 heterocycles. The molecule has 12 aromatic rings. The first-order chi connectivity index (χ1) is 29.7. The number of rotatable bonds is 5. The summed E-state index contributed by atoms with van der Waals surface area (Å²) in [7, 11) is 0. The van der Waals surface area contributed by atoms with Crippen LogP contribution in [0.2, 0.25) is 0 Å². The van der Waals surface area contributed by atoms with Crippen molar-refractivity contribution in [2.75, 3.05) is 0 Å². The van der Waals surface area contributed by atoms with Crippen molar-refractivity contribution in [3.8, 4) is 56.4 Å². The molecule has 0 bridgehead atoms. The Hall–Kier alpha value is -8.29. The Balaban J connectivity index is 1.17. The first-order valence-corrected chi connectivity index (χ1v) is 19.9. The minimum atomic E-state index is 0.566. The lowest BCUT2D eigenvalue weighted by molar-refractivity contribution is 1.07. The Kier molecular flexibility index (Phi) is 7.71. The molecule has 60 heavy (non-hydrogen) atoms. The van der Waals surface area contributed by atoms with E-state index in [2.05, 4.69) is 131 Å².